The second-order valence-corrected chi connectivity index (χ2v) is 4.17. The zero-order chi connectivity index (χ0) is 14.0. The zero-order valence-corrected chi connectivity index (χ0v) is 10.4. The third-order valence-corrected chi connectivity index (χ3v) is 2.89. The second kappa shape index (κ2) is 5.15. The molecule has 0 aliphatic carbocycles. The Labute approximate surface area is 109 Å². The lowest BCUT2D eigenvalue weighted by Gasteiger charge is -2.30. The van der Waals surface area contributed by atoms with Gasteiger partial charge in [0.05, 0.1) is 12.2 Å². The van der Waals surface area contributed by atoms with Gasteiger partial charge in [-0.05, 0) is 18.2 Å². The third-order valence-electron chi connectivity index (χ3n) is 2.89. The molecule has 19 heavy (non-hydrogen) atoms. The number of amides is 1. The first kappa shape index (κ1) is 13.2. The number of fused-ring (bicyclic) bond motifs is 1. The summed E-state index contributed by atoms with van der Waals surface area (Å²) >= 11 is 0. The Morgan fingerprint density at radius 1 is 1.63 bits per heavy atom. The molecule has 0 fully saturated rings. The van der Waals surface area contributed by atoms with E-state index in [9.17, 15) is 9.59 Å². The summed E-state index contributed by atoms with van der Waals surface area (Å²) in [6, 6.07) is 4.13. The van der Waals surface area contributed by atoms with Crippen molar-refractivity contribution in [2.24, 2.45) is 5.73 Å². The van der Waals surface area contributed by atoms with Crippen LogP contribution in [0.25, 0.3) is 0 Å². The predicted octanol–water partition coefficient (Wildman–Crippen LogP) is -0.134. The number of ether oxygens (including phenoxy) is 1. The highest BCUT2D eigenvalue weighted by Crippen LogP contribution is 2.34. The van der Waals surface area contributed by atoms with Crippen molar-refractivity contribution in [1.29, 1.82) is 0 Å². The molecule has 102 valence electrons. The van der Waals surface area contributed by atoms with Crippen LogP contribution >= 0.6 is 0 Å². The number of carbonyl (C=O) groups is 2. The highest BCUT2D eigenvalue weighted by molar-refractivity contribution is 5.99. The lowest BCUT2D eigenvalue weighted by atomic mass is 10.2. The Morgan fingerprint density at radius 3 is 3.00 bits per heavy atom. The molecule has 1 unspecified atom stereocenters. The number of carbonyl (C=O) groups excluding carboxylic acids is 1. The van der Waals surface area contributed by atoms with Crippen molar-refractivity contribution in [3.05, 3.63) is 18.2 Å². The minimum absolute atomic E-state index is 0.0856. The van der Waals surface area contributed by atoms with Crippen LogP contribution in [-0.2, 0) is 9.59 Å². The molecule has 1 amide bonds. The Hall–Kier alpha value is -2.28. The van der Waals surface area contributed by atoms with Crippen molar-refractivity contribution in [3.8, 4) is 5.75 Å². The summed E-state index contributed by atoms with van der Waals surface area (Å²) in [5.74, 6) is -0.917. The third kappa shape index (κ3) is 2.60. The van der Waals surface area contributed by atoms with Crippen molar-refractivity contribution in [2.45, 2.75) is 6.04 Å². The standard InChI is InChI=1S/C12H15N3O4/c1-14-7-2-3-10-9(4-7)15(11(16)6-19-10)5-8(13)12(17)18/h2-4,8,14H,5-6,13H2,1H3,(H,17,18). The second-order valence-electron chi connectivity index (χ2n) is 4.17. The molecule has 7 heteroatoms. The molecule has 0 saturated heterocycles. The van der Waals surface area contributed by atoms with Crippen LogP contribution in [0.5, 0.6) is 5.75 Å². The van der Waals surface area contributed by atoms with Crippen LogP contribution in [0.15, 0.2) is 18.2 Å². The first-order valence-corrected chi connectivity index (χ1v) is 5.76. The average Bonchev–Trinajstić information content (AvgIpc) is 2.41. The van der Waals surface area contributed by atoms with Crippen molar-refractivity contribution in [2.75, 3.05) is 30.4 Å². The summed E-state index contributed by atoms with van der Waals surface area (Å²) in [6.07, 6.45) is 0. The fourth-order valence-electron chi connectivity index (χ4n) is 1.83. The van der Waals surface area contributed by atoms with Gasteiger partial charge >= 0.3 is 5.97 Å². The molecule has 1 aromatic carbocycles. The lowest BCUT2D eigenvalue weighted by molar-refractivity contribution is -0.138. The Balaban J connectivity index is 2.33. The average molecular weight is 265 g/mol. The fraction of sp³-hybridized carbons (Fsp3) is 0.333. The van der Waals surface area contributed by atoms with Crippen LogP contribution in [0.1, 0.15) is 0 Å². The normalized spacial score (nSPS) is 15.5. The van der Waals surface area contributed by atoms with Gasteiger partial charge in [-0.15, -0.1) is 0 Å². The number of carboxylic acids is 1. The number of benzene rings is 1. The molecule has 0 saturated carbocycles. The van der Waals surface area contributed by atoms with Gasteiger partial charge in [0.25, 0.3) is 5.91 Å². The predicted molar refractivity (Wildman–Crippen MR) is 69.4 cm³/mol. The number of nitrogens with zero attached hydrogens (tertiary/aromatic N) is 1. The molecular weight excluding hydrogens is 250 g/mol. The number of nitrogens with two attached hydrogens (primary N) is 1. The molecule has 4 N–H and O–H groups in total. The van der Waals surface area contributed by atoms with Gasteiger partial charge in [0.15, 0.2) is 6.61 Å². The summed E-state index contributed by atoms with van der Waals surface area (Å²) in [5, 5.41) is 11.8. The van der Waals surface area contributed by atoms with Crippen LogP contribution in [0.3, 0.4) is 0 Å². The van der Waals surface area contributed by atoms with Crippen molar-refractivity contribution in [3.63, 3.8) is 0 Å². The first-order chi connectivity index (χ1) is 9.02. The van der Waals surface area contributed by atoms with Crippen molar-refractivity contribution < 1.29 is 19.4 Å². The molecule has 1 atom stereocenters. The minimum Gasteiger partial charge on any atom is -0.482 e. The van der Waals surface area contributed by atoms with Crippen LogP contribution in [0.2, 0.25) is 0 Å². The van der Waals surface area contributed by atoms with E-state index in [0.29, 0.717) is 11.4 Å². The molecular formula is C12H15N3O4. The molecule has 1 aliphatic heterocycles. The van der Waals surface area contributed by atoms with E-state index in [0.717, 1.165) is 5.69 Å². The quantitative estimate of drug-likeness (QED) is 0.700. The summed E-state index contributed by atoms with van der Waals surface area (Å²) in [5.41, 5.74) is 6.81. The Kier molecular flexibility index (Phi) is 3.57. The smallest absolute Gasteiger partial charge is 0.322 e. The Bertz CT molecular complexity index is 518. The van der Waals surface area contributed by atoms with Crippen LogP contribution in [0.4, 0.5) is 11.4 Å². The van der Waals surface area contributed by atoms with Crippen molar-refractivity contribution in [1.82, 2.24) is 0 Å². The molecule has 0 spiro atoms. The SMILES string of the molecule is CNc1ccc2c(c1)N(CC(N)C(=O)O)C(=O)CO2. The van der Waals surface area contributed by atoms with E-state index in [4.69, 9.17) is 15.6 Å². The van der Waals surface area contributed by atoms with Crippen LogP contribution < -0.4 is 20.7 Å². The summed E-state index contributed by atoms with van der Waals surface area (Å²) < 4.78 is 5.30. The maximum atomic E-state index is 11.8. The highest BCUT2D eigenvalue weighted by Gasteiger charge is 2.28. The largest absolute Gasteiger partial charge is 0.482 e. The fourth-order valence-corrected chi connectivity index (χ4v) is 1.83. The molecule has 0 aromatic heterocycles. The van der Waals surface area contributed by atoms with Gasteiger partial charge in [0.2, 0.25) is 0 Å². The number of aliphatic carboxylic acids is 1. The number of carboxylic acid groups (broad SMARTS) is 1. The molecule has 2 rings (SSSR count). The van der Waals surface area contributed by atoms with Crippen LogP contribution in [-0.4, -0.2) is 43.2 Å². The van der Waals surface area contributed by atoms with E-state index in [-0.39, 0.29) is 19.1 Å². The summed E-state index contributed by atoms with van der Waals surface area (Å²) in [4.78, 5) is 24.0. The van der Waals surface area contributed by atoms with Gasteiger partial charge in [-0.2, -0.15) is 0 Å². The zero-order valence-electron chi connectivity index (χ0n) is 10.4. The molecule has 1 aliphatic rings. The Morgan fingerprint density at radius 2 is 2.37 bits per heavy atom. The maximum absolute atomic E-state index is 11.8. The van der Waals surface area contributed by atoms with E-state index in [1.807, 2.05) is 6.07 Å². The minimum atomic E-state index is -1.15. The maximum Gasteiger partial charge on any atom is 0.322 e. The molecule has 0 radical (unpaired) electrons. The van der Waals surface area contributed by atoms with E-state index < -0.39 is 12.0 Å². The first-order valence-electron chi connectivity index (χ1n) is 5.76. The molecule has 1 aromatic rings. The monoisotopic (exact) mass is 265 g/mol. The van der Waals surface area contributed by atoms with Gasteiger partial charge in [0, 0.05) is 12.7 Å². The van der Waals surface area contributed by atoms with E-state index in [1.54, 1.807) is 19.2 Å². The van der Waals surface area contributed by atoms with Gasteiger partial charge in [-0.25, -0.2) is 0 Å². The number of anilines is 2. The molecule has 1 heterocycles. The van der Waals surface area contributed by atoms with Gasteiger partial charge < -0.3 is 25.8 Å². The van der Waals surface area contributed by atoms with E-state index in [2.05, 4.69) is 5.32 Å². The van der Waals surface area contributed by atoms with E-state index in [1.165, 1.54) is 4.90 Å². The number of hydrogen-bond donors (Lipinski definition) is 3. The van der Waals surface area contributed by atoms with E-state index >= 15 is 0 Å². The molecule has 0 bridgehead atoms. The lowest BCUT2D eigenvalue weighted by Crippen LogP contribution is -2.48. The number of nitrogens with one attached hydrogen (secondary N) is 1. The molecule has 7 nitrogen and oxygen atoms in total. The summed E-state index contributed by atoms with van der Waals surface area (Å²) in [7, 11) is 1.75. The van der Waals surface area contributed by atoms with Gasteiger partial charge in [-0.1, -0.05) is 0 Å². The van der Waals surface area contributed by atoms with Gasteiger partial charge in [-0.3, -0.25) is 9.59 Å². The van der Waals surface area contributed by atoms with Crippen molar-refractivity contribution >= 4 is 23.3 Å². The van der Waals surface area contributed by atoms with Crippen LogP contribution in [0, 0.1) is 0 Å². The van der Waals surface area contributed by atoms with Gasteiger partial charge in [0.1, 0.15) is 11.8 Å². The topological polar surface area (TPSA) is 105 Å². The number of rotatable bonds is 4. The highest BCUT2D eigenvalue weighted by atomic mass is 16.5. The summed E-state index contributed by atoms with van der Waals surface area (Å²) in [6.45, 7) is -0.198. The number of hydrogen-bond acceptors (Lipinski definition) is 5.